The number of rotatable bonds is 6. The Balaban J connectivity index is 2.19. The predicted molar refractivity (Wildman–Crippen MR) is 78.4 cm³/mol. The van der Waals surface area contributed by atoms with Crippen LogP contribution in [-0.4, -0.2) is 32.9 Å². The monoisotopic (exact) mass is 294 g/mol. The number of carbonyl (C=O) groups is 1. The van der Waals surface area contributed by atoms with Crippen molar-refractivity contribution in [3.8, 4) is 0 Å². The first-order valence-electron chi connectivity index (χ1n) is 6.43. The summed E-state index contributed by atoms with van der Waals surface area (Å²) in [5.41, 5.74) is 1.75. The molecule has 0 aliphatic carbocycles. The number of hydrogen-bond acceptors (Lipinski definition) is 5. The van der Waals surface area contributed by atoms with Gasteiger partial charge in [-0.05, 0) is 6.42 Å². The van der Waals surface area contributed by atoms with Crippen LogP contribution in [0.1, 0.15) is 34.3 Å². The van der Waals surface area contributed by atoms with Crippen LogP contribution in [0.5, 0.6) is 0 Å². The maximum Gasteiger partial charge on any atom is 0.347 e. The molecule has 0 spiro atoms. The fourth-order valence-corrected chi connectivity index (χ4v) is 2.88. The van der Waals surface area contributed by atoms with Crippen LogP contribution >= 0.6 is 11.3 Å². The molecule has 1 N–H and O–H groups in total. The van der Waals surface area contributed by atoms with Gasteiger partial charge in [0, 0.05) is 32.4 Å². The lowest BCUT2D eigenvalue weighted by Crippen LogP contribution is -2.15. The second-order valence-corrected chi connectivity index (χ2v) is 5.68. The molecule has 0 amide bonds. The number of aromatic nitrogens is 3. The standard InChI is InChI=1S/C13H18N4O2S/c1-4-5-10-11(12(18)19)20-13(15-10)16(2)7-9-6-14-17(3)8-9/h6,8H,4-5,7H2,1-3H3,(H,18,19). The Labute approximate surface area is 121 Å². The Hall–Kier alpha value is -1.89. The van der Waals surface area contributed by atoms with Crippen molar-refractivity contribution in [3.05, 3.63) is 28.5 Å². The van der Waals surface area contributed by atoms with Crippen LogP contribution in [0.4, 0.5) is 5.13 Å². The Morgan fingerprint density at radius 1 is 1.55 bits per heavy atom. The number of nitrogens with zero attached hydrogens (tertiary/aromatic N) is 4. The van der Waals surface area contributed by atoms with E-state index in [2.05, 4.69) is 10.1 Å². The maximum absolute atomic E-state index is 11.2. The van der Waals surface area contributed by atoms with Crippen molar-refractivity contribution in [1.29, 1.82) is 0 Å². The Bertz CT molecular complexity index is 605. The summed E-state index contributed by atoms with van der Waals surface area (Å²) in [7, 11) is 3.78. The lowest BCUT2D eigenvalue weighted by molar-refractivity contribution is 0.0700. The van der Waals surface area contributed by atoms with Crippen LogP contribution < -0.4 is 4.90 Å². The summed E-state index contributed by atoms with van der Waals surface area (Å²) in [6.07, 6.45) is 5.32. The average Bonchev–Trinajstić information content (AvgIpc) is 2.96. The van der Waals surface area contributed by atoms with E-state index in [9.17, 15) is 9.90 Å². The SMILES string of the molecule is CCCc1nc(N(C)Cc2cnn(C)c2)sc1C(=O)O. The molecule has 0 aliphatic heterocycles. The van der Waals surface area contributed by atoms with Gasteiger partial charge in [0.15, 0.2) is 5.13 Å². The highest BCUT2D eigenvalue weighted by Crippen LogP contribution is 2.27. The average molecular weight is 294 g/mol. The van der Waals surface area contributed by atoms with Crippen molar-refractivity contribution in [2.75, 3.05) is 11.9 Å². The van der Waals surface area contributed by atoms with Gasteiger partial charge in [-0.15, -0.1) is 0 Å². The van der Waals surface area contributed by atoms with Gasteiger partial charge in [-0.2, -0.15) is 5.10 Å². The van der Waals surface area contributed by atoms with Crippen molar-refractivity contribution in [1.82, 2.24) is 14.8 Å². The highest BCUT2D eigenvalue weighted by molar-refractivity contribution is 7.17. The van der Waals surface area contributed by atoms with Crippen molar-refractivity contribution >= 4 is 22.4 Å². The van der Waals surface area contributed by atoms with Gasteiger partial charge in [0.2, 0.25) is 0 Å². The van der Waals surface area contributed by atoms with E-state index in [0.29, 0.717) is 23.5 Å². The maximum atomic E-state index is 11.2. The molecule has 2 heterocycles. The van der Waals surface area contributed by atoms with E-state index in [1.165, 1.54) is 11.3 Å². The second kappa shape index (κ2) is 6.04. The van der Waals surface area contributed by atoms with Crippen LogP contribution in [0.15, 0.2) is 12.4 Å². The first-order chi connectivity index (χ1) is 9.51. The fraction of sp³-hybridized carbons (Fsp3) is 0.462. The topological polar surface area (TPSA) is 71.2 Å². The Morgan fingerprint density at radius 3 is 2.85 bits per heavy atom. The molecule has 0 saturated heterocycles. The molecule has 6 nitrogen and oxygen atoms in total. The largest absolute Gasteiger partial charge is 0.477 e. The van der Waals surface area contributed by atoms with Crippen molar-refractivity contribution < 1.29 is 9.90 Å². The number of thiazole rings is 1. The smallest absolute Gasteiger partial charge is 0.347 e. The van der Waals surface area contributed by atoms with E-state index in [-0.39, 0.29) is 0 Å². The van der Waals surface area contributed by atoms with E-state index in [0.717, 1.165) is 17.1 Å². The number of aryl methyl sites for hydroxylation is 2. The van der Waals surface area contributed by atoms with E-state index >= 15 is 0 Å². The molecule has 2 aromatic rings. The Kier molecular flexibility index (Phi) is 4.39. The third-order valence-corrected chi connectivity index (χ3v) is 4.07. The van der Waals surface area contributed by atoms with Gasteiger partial charge in [0.05, 0.1) is 11.9 Å². The van der Waals surface area contributed by atoms with E-state index < -0.39 is 5.97 Å². The highest BCUT2D eigenvalue weighted by atomic mass is 32.1. The van der Waals surface area contributed by atoms with Gasteiger partial charge in [0.1, 0.15) is 4.88 Å². The highest BCUT2D eigenvalue weighted by Gasteiger charge is 2.18. The number of hydrogen-bond donors (Lipinski definition) is 1. The predicted octanol–water partition coefficient (Wildman–Crippen LogP) is 2.16. The lowest BCUT2D eigenvalue weighted by atomic mass is 10.2. The van der Waals surface area contributed by atoms with E-state index in [4.69, 9.17) is 0 Å². The molecule has 0 bridgehead atoms. The molecule has 2 aromatic heterocycles. The summed E-state index contributed by atoms with van der Waals surface area (Å²) in [5, 5.41) is 14.1. The van der Waals surface area contributed by atoms with Gasteiger partial charge < -0.3 is 10.0 Å². The summed E-state index contributed by atoms with van der Waals surface area (Å²) in [6, 6.07) is 0. The van der Waals surface area contributed by atoms with Gasteiger partial charge in [-0.25, -0.2) is 9.78 Å². The molecule has 2 rings (SSSR count). The van der Waals surface area contributed by atoms with Crippen molar-refractivity contribution in [3.63, 3.8) is 0 Å². The first kappa shape index (κ1) is 14.5. The third-order valence-electron chi connectivity index (χ3n) is 2.87. The number of carboxylic acid groups (broad SMARTS) is 1. The molecule has 0 radical (unpaired) electrons. The van der Waals surface area contributed by atoms with Gasteiger partial charge in [-0.3, -0.25) is 4.68 Å². The molecule has 20 heavy (non-hydrogen) atoms. The molecular weight excluding hydrogens is 276 g/mol. The summed E-state index contributed by atoms with van der Waals surface area (Å²) in [6.45, 7) is 2.68. The molecular formula is C13H18N4O2S. The van der Waals surface area contributed by atoms with Crippen LogP contribution in [0.3, 0.4) is 0 Å². The van der Waals surface area contributed by atoms with Crippen LogP contribution in [0.2, 0.25) is 0 Å². The van der Waals surface area contributed by atoms with Gasteiger partial charge in [-0.1, -0.05) is 24.7 Å². The molecule has 0 saturated carbocycles. The number of anilines is 1. The van der Waals surface area contributed by atoms with Gasteiger partial charge >= 0.3 is 5.97 Å². The zero-order chi connectivity index (χ0) is 14.7. The molecule has 108 valence electrons. The van der Waals surface area contributed by atoms with Crippen molar-refractivity contribution in [2.24, 2.45) is 7.05 Å². The van der Waals surface area contributed by atoms with E-state index in [1.54, 1.807) is 10.9 Å². The van der Waals surface area contributed by atoms with Crippen LogP contribution in [0, 0.1) is 0 Å². The summed E-state index contributed by atoms with van der Waals surface area (Å²) < 4.78 is 1.75. The molecule has 0 fully saturated rings. The molecule has 0 aromatic carbocycles. The van der Waals surface area contributed by atoms with Crippen LogP contribution in [0.25, 0.3) is 0 Å². The zero-order valence-electron chi connectivity index (χ0n) is 11.8. The minimum absolute atomic E-state index is 0.347. The first-order valence-corrected chi connectivity index (χ1v) is 7.24. The summed E-state index contributed by atoms with van der Waals surface area (Å²) in [5.74, 6) is -0.896. The minimum atomic E-state index is -0.896. The molecule has 0 aliphatic rings. The van der Waals surface area contributed by atoms with Crippen molar-refractivity contribution in [2.45, 2.75) is 26.3 Å². The molecule has 0 unspecified atom stereocenters. The van der Waals surface area contributed by atoms with Crippen LogP contribution in [-0.2, 0) is 20.0 Å². The lowest BCUT2D eigenvalue weighted by Gasteiger charge is -2.13. The second-order valence-electron chi connectivity index (χ2n) is 4.71. The fourth-order valence-electron chi connectivity index (χ4n) is 1.97. The summed E-state index contributed by atoms with van der Waals surface area (Å²) >= 11 is 1.23. The third kappa shape index (κ3) is 3.16. The molecule has 0 atom stereocenters. The summed E-state index contributed by atoms with van der Waals surface area (Å²) in [4.78, 5) is 18.0. The zero-order valence-corrected chi connectivity index (χ0v) is 12.6. The Morgan fingerprint density at radius 2 is 2.30 bits per heavy atom. The molecule has 7 heteroatoms. The normalized spacial score (nSPS) is 10.8. The quantitative estimate of drug-likeness (QED) is 0.884. The van der Waals surface area contributed by atoms with Gasteiger partial charge in [0.25, 0.3) is 0 Å². The van der Waals surface area contributed by atoms with E-state index in [1.807, 2.05) is 32.1 Å². The number of carboxylic acids is 1. The number of aromatic carboxylic acids is 1. The minimum Gasteiger partial charge on any atom is -0.477 e.